The minimum absolute atomic E-state index is 0.150. The molecule has 0 saturated heterocycles. The summed E-state index contributed by atoms with van der Waals surface area (Å²) in [5, 5.41) is 0. The molecule has 3 atom stereocenters. The molecule has 0 unspecified atom stereocenters. The first-order valence-electron chi connectivity index (χ1n) is 13.7. The van der Waals surface area contributed by atoms with Crippen LogP contribution in [0, 0.1) is 5.41 Å². The van der Waals surface area contributed by atoms with Gasteiger partial charge in [-0.05, 0) is 50.3 Å². The van der Waals surface area contributed by atoms with Gasteiger partial charge < -0.3 is 24.7 Å². The van der Waals surface area contributed by atoms with Crippen molar-refractivity contribution >= 4 is 5.97 Å². The molecule has 1 aliphatic rings. The highest BCUT2D eigenvalue weighted by atomic mass is 16.6. The zero-order valence-corrected chi connectivity index (χ0v) is 23.3. The van der Waals surface area contributed by atoms with Crippen LogP contribution in [0.5, 0.6) is 0 Å². The molecule has 1 saturated carbocycles. The lowest BCUT2D eigenvalue weighted by atomic mass is 9.96. The molecule has 0 amide bonds. The number of hydrogen-bond acceptors (Lipinski definition) is 6. The van der Waals surface area contributed by atoms with Gasteiger partial charge in [-0.15, -0.1) is 0 Å². The normalized spacial score (nSPS) is 16.7. The summed E-state index contributed by atoms with van der Waals surface area (Å²) in [5.74, 6) is -0.326. The second-order valence-electron chi connectivity index (χ2n) is 11.4. The molecule has 39 heavy (non-hydrogen) atoms. The molecule has 1 fully saturated rings. The molecule has 1 aliphatic carbocycles. The minimum Gasteiger partial charge on any atom is -0.457 e. The molecular formula is C33H41NO5. The molecule has 0 aliphatic heterocycles. The quantitative estimate of drug-likeness (QED) is 0.264. The van der Waals surface area contributed by atoms with Crippen molar-refractivity contribution in [3.05, 3.63) is 108 Å². The lowest BCUT2D eigenvalue weighted by molar-refractivity contribution is -0.191. The van der Waals surface area contributed by atoms with Gasteiger partial charge in [-0.3, -0.25) is 4.79 Å². The van der Waals surface area contributed by atoms with Gasteiger partial charge >= 0.3 is 5.97 Å². The Hall–Kier alpha value is -3.03. The van der Waals surface area contributed by atoms with Crippen LogP contribution in [0.2, 0.25) is 0 Å². The van der Waals surface area contributed by atoms with Gasteiger partial charge in [0, 0.05) is 5.54 Å². The predicted octanol–water partition coefficient (Wildman–Crippen LogP) is 5.82. The third-order valence-corrected chi connectivity index (χ3v) is 6.88. The number of esters is 1. The number of hydrogen-bond donors (Lipinski definition) is 1. The van der Waals surface area contributed by atoms with Gasteiger partial charge in [-0.2, -0.15) is 0 Å². The Bertz CT molecular complexity index is 1140. The van der Waals surface area contributed by atoms with Gasteiger partial charge in [-0.25, -0.2) is 0 Å². The van der Waals surface area contributed by atoms with Crippen LogP contribution in [0.3, 0.4) is 0 Å². The van der Waals surface area contributed by atoms with E-state index in [1.165, 1.54) is 0 Å². The highest BCUT2D eigenvalue weighted by molar-refractivity contribution is 5.75. The van der Waals surface area contributed by atoms with Gasteiger partial charge in [0.1, 0.15) is 12.2 Å². The van der Waals surface area contributed by atoms with Crippen LogP contribution in [0.25, 0.3) is 0 Å². The van der Waals surface area contributed by atoms with Crippen molar-refractivity contribution in [3.63, 3.8) is 0 Å². The summed E-state index contributed by atoms with van der Waals surface area (Å²) in [7, 11) is 0. The van der Waals surface area contributed by atoms with E-state index in [2.05, 4.69) is 0 Å². The van der Waals surface area contributed by atoms with Crippen LogP contribution >= 0.6 is 0 Å². The van der Waals surface area contributed by atoms with E-state index in [4.69, 9.17) is 24.7 Å². The number of benzene rings is 3. The van der Waals surface area contributed by atoms with Gasteiger partial charge in [0.2, 0.25) is 0 Å². The van der Waals surface area contributed by atoms with Crippen LogP contribution < -0.4 is 5.73 Å². The molecule has 0 bridgehead atoms. The van der Waals surface area contributed by atoms with Crippen LogP contribution in [0.15, 0.2) is 91.0 Å². The summed E-state index contributed by atoms with van der Waals surface area (Å²) in [6.45, 7) is 6.76. The van der Waals surface area contributed by atoms with E-state index in [0.29, 0.717) is 19.8 Å². The molecule has 4 rings (SSSR count). The lowest BCUT2D eigenvalue weighted by Gasteiger charge is -2.37. The van der Waals surface area contributed by atoms with E-state index < -0.39 is 29.3 Å². The summed E-state index contributed by atoms with van der Waals surface area (Å²) < 4.78 is 25.3. The second kappa shape index (κ2) is 13.4. The third-order valence-electron chi connectivity index (χ3n) is 6.88. The smallest absolute Gasteiger partial charge is 0.311 e. The van der Waals surface area contributed by atoms with Crippen LogP contribution in [-0.2, 0) is 43.6 Å². The molecule has 6 heteroatoms. The largest absolute Gasteiger partial charge is 0.457 e. The monoisotopic (exact) mass is 531 g/mol. The van der Waals surface area contributed by atoms with E-state index in [1.807, 2.05) is 112 Å². The van der Waals surface area contributed by atoms with E-state index in [9.17, 15) is 4.79 Å². The standard InChI is InChI=1S/C33H41NO5/c1-32(2,3)31(35)39-28(24-36-21-25-13-7-4-8-14-25)29(37-22-26-15-9-5-10-16-26)30(33(34)19-20-33)38-23-27-17-11-6-12-18-27/h4-18,28-30H,19-24,34H2,1-3H3/t28-,29-,30+/m1/s1. The van der Waals surface area contributed by atoms with Gasteiger partial charge in [0.25, 0.3) is 0 Å². The van der Waals surface area contributed by atoms with Crippen molar-refractivity contribution < 1.29 is 23.7 Å². The summed E-state index contributed by atoms with van der Waals surface area (Å²) in [5.41, 5.74) is 8.64. The van der Waals surface area contributed by atoms with Crippen LogP contribution in [-0.4, -0.2) is 36.4 Å². The summed E-state index contributed by atoms with van der Waals surface area (Å²) in [4.78, 5) is 13.1. The van der Waals surface area contributed by atoms with E-state index in [1.54, 1.807) is 0 Å². The Morgan fingerprint density at radius 1 is 0.769 bits per heavy atom. The minimum atomic E-state index is -0.717. The molecule has 0 spiro atoms. The first-order chi connectivity index (χ1) is 18.7. The molecule has 3 aromatic carbocycles. The van der Waals surface area contributed by atoms with Gasteiger partial charge in [0.05, 0.1) is 31.8 Å². The summed E-state index contributed by atoms with van der Waals surface area (Å²) in [6.07, 6.45) is -0.237. The van der Waals surface area contributed by atoms with Gasteiger partial charge in [-0.1, -0.05) is 91.0 Å². The fourth-order valence-electron chi connectivity index (χ4n) is 4.31. The van der Waals surface area contributed by atoms with Crippen molar-refractivity contribution in [1.82, 2.24) is 0 Å². The van der Waals surface area contributed by atoms with Crippen molar-refractivity contribution in [1.29, 1.82) is 0 Å². The zero-order valence-electron chi connectivity index (χ0n) is 23.3. The maximum atomic E-state index is 13.1. The van der Waals surface area contributed by atoms with Crippen LogP contribution in [0.1, 0.15) is 50.3 Å². The topological polar surface area (TPSA) is 80.0 Å². The lowest BCUT2D eigenvalue weighted by Crippen LogP contribution is -2.55. The molecule has 3 aromatic rings. The number of rotatable bonds is 14. The average molecular weight is 532 g/mol. The molecule has 6 nitrogen and oxygen atoms in total. The van der Waals surface area contributed by atoms with Crippen molar-refractivity contribution in [2.75, 3.05) is 6.61 Å². The van der Waals surface area contributed by atoms with Crippen molar-refractivity contribution in [2.24, 2.45) is 11.1 Å². The molecular weight excluding hydrogens is 490 g/mol. The Kier molecular flexibility index (Phi) is 9.92. The Morgan fingerprint density at radius 3 is 1.69 bits per heavy atom. The molecule has 0 aromatic heterocycles. The van der Waals surface area contributed by atoms with Gasteiger partial charge in [0.15, 0.2) is 6.10 Å². The molecule has 208 valence electrons. The Morgan fingerprint density at radius 2 is 1.23 bits per heavy atom. The number of nitrogens with two attached hydrogens (primary N) is 1. The second-order valence-corrected chi connectivity index (χ2v) is 11.4. The first-order valence-corrected chi connectivity index (χ1v) is 13.7. The first kappa shape index (κ1) is 29.0. The predicted molar refractivity (Wildman–Crippen MR) is 152 cm³/mol. The van der Waals surface area contributed by atoms with Crippen molar-refractivity contribution in [2.45, 2.75) is 77.3 Å². The number of carbonyl (C=O) groups excluding carboxylic acids is 1. The number of ether oxygens (including phenoxy) is 4. The van der Waals surface area contributed by atoms with E-state index >= 15 is 0 Å². The summed E-state index contributed by atoms with van der Waals surface area (Å²) in [6, 6.07) is 29.8. The van der Waals surface area contributed by atoms with Crippen LogP contribution in [0.4, 0.5) is 0 Å². The van der Waals surface area contributed by atoms with Crippen molar-refractivity contribution in [3.8, 4) is 0 Å². The highest BCUT2D eigenvalue weighted by Gasteiger charge is 2.53. The average Bonchev–Trinajstić information content (AvgIpc) is 3.69. The summed E-state index contributed by atoms with van der Waals surface area (Å²) >= 11 is 0. The fourth-order valence-corrected chi connectivity index (χ4v) is 4.31. The zero-order chi connectivity index (χ0) is 27.7. The Labute approximate surface area is 232 Å². The van der Waals surface area contributed by atoms with E-state index in [-0.39, 0.29) is 12.6 Å². The molecule has 2 N–H and O–H groups in total. The molecule has 0 radical (unpaired) electrons. The van der Waals surface area contributed by atoms with E-state index in [0.717, 1.165) is 29.5 Å². The molecule has 0 heterocycles. The maximum Gasteiger partial charge on any atom is 0.311 e. The highest BCUT2D eigenvalue weighted by Crippen LogP contribution is 2.41. The number of carbonyl (C=O) groups is 1. The SMILES string of the molecule is CC(C)(C)C(=O)O[C@H](COCc1ccccc1)[C@@H](OCc1ccccc1)[C@H](OCc1ccccc1)C1(N)CC1. The third kappa shape index (κ3) is 8.73. The maximum absolute atomic E-state index is 13.1. The Balaban J connectivity index is 1.60. The fraction of sp³-hybridized carbons (Fsp3) is 0.424.